The van der Waals surface area contributed by atoms with E-state index in [0.717, 1.165) is 39.9 Å². The van der Waals surface area contributed by atoms with Gasteiger partial charge in [0.1, 0.15) is 16.2 Å². The van der Waals surface area contributed by atoms with Crippen LogP contribution in [0.3, 0.4) is 0 Å². The number of thioether (sulfide) groups is 1. The molecule has 5 rings (SSSR count). The molecule has 0 radical (unpaired) electrons. The van der Waals surface area contributed by atoms with Crippen molar-refractivity contribution in [3.8, 4) is 0 Å². The van der Waals surface area contributed by atoms with Crippen molar-refractivity contribution in [3.05, 3.63) is 83.0 Å². The lowest BCUT2D eigenvalue weighted by Gasteiger charge is -2.23. The van der Waals surface area contributed by atoms with Crippen LogP contribution in [0.2, 0.25) is 0 Å². The molecule has 0 spiro atoms. The first-order chi connectivity index (χ1) is 15.7. The summed E-state index contributed by atoms with van der Waals surface area (Å²) in [6.45, 7) is 2.87. The second-order valence-corrected chi connectivity index (χ2v) is 10.3. The number of aryl methyl sites for hydroxylation is 1. The standard InChI is InChI=1S/C26H25N3OS2/c1-18-12-13-21-22(14-18)32-26-24(21)25(27-17-28-26)31-16-23(30)29(20-10-6-3-7-11-20)15-19-8-4-2-5-9-19/h2-11,17-18H,12-16H2,1H3. The van der Waals surface area contributed by atoms with Gasteiger partial charge < -0.3 is 4.90 Å². The highest BCUT2D eigenvalue weighted by Crippen LogP contribution is 2.40. The molecule has 4 nitrogen and oxygen atoms in total. The second kappa shape index (κ2) is 9.43. The summed E-state index contributed by atoms with van der Waals surface area (Å²) in [4.78, 5) is 26.9. The fourth-order valence-electron chi connectivity index (χ4n) is 4.26. The Bertz CT molecular complexity index is 1220. The topological polar surface area (TPSA) is 46.1 Å². The molecule has 32 heavy (non-hydrogen) atoms. The molecule has 0 aliphatic heterocycles. The minimum atomic E-state index is 0.0783. The van der Waals surface area contributed by atoms with Crippen LogP contribution in [-0.2, 0) is 24.2 Å². The van der Waals surface area contributed by atoms with E-state index in [1.54, 1.807) is 17.7 Å². The van der Waals surface area contributed by atoms with Gasteiger partial charge in [0.25, 0.3) is 0 Å². The first-order valence-electron chi connectivity index (χ1n) is 11.0. The number of hydrogen-bond acceptors (Lipinski definition) is 5. The third kappa shape index (κ3) is 4.43. The maximum absolute atomic E-state index is 13.4. The Kier molecular flexibility index (Phi) is 6.23. The number of carbonyl (C=O) groups is 1. The van der Waals surface area contributed by atoms with Crippen molar-refractivity contribution in [1.82, 2.24) is 9.97 Å². The molecule has 1 aliphatic rings. The lowest BCUT2D eigenvalue weighted by molar-refractivity contribution is -0.116. The van der Waals surface area contributed by atoms with Crippen LogP contribution in [-0.4, -0.2) is 21.6 Å². The number of amides is 1. The van der Waals surface area contributed by atoms with Gasteiger partial charge in [-0.05, 0) is 48.4 Å². The molecule has 1 amide bonds. The van der Waals surface area contributed by atoms with E-state index >= 15 is 0 Å². The van der Waals surface area contributed by atoms with Crippen LogP contribution in [0.5, 0.6) is 0 Å². The molecule has 1 aliphatic carbocycles. The molecule has 0 bridgehead atoms. The number of rotatable bonds is 6. The van der Waals surface area contributed by atoms with Crippen molar-refractivity contribution in [2.45, 2.75) is 37.8 Å². The molecule has 0 saturated heterocycles. The third-order valence-electron chi connectivity index (χ3n) is 5.94. The first kappa shape index (κ1) is 21.2. The first-order valence-corrected chi connectivity index (χ1v) is 12.8. The summed E-state index contributed by atoms with van der Waals surface area (Å²) in [7, 11) is 0. The molecule has 2 aromatic carbocycles. The van der Waals surface area contributed by atoms with E-state index in [4.69, 9.17) is 0 Å². The van der Waals surface area contributed by atoms with Gasteiger partial charge in [-0.1, -0.05) is 67.2 Å². The van der Waals surface area contributed by atoms with Crippen LogP contribution < -0.4 is 4.90 Å². The second-order valence-electron chi connectivity index (χ2n) is 8.30. The Morgan fingerprint density at radius 1 is 1.09 bits per heavy atom. The highest BCUT2D eigenvalue weighted by atomic mass is 32.2. The van der Waals surface area contributed by atoms with Crippen molar-refractivity contribution in [2.75, 3.05) is 10.7 Å². The Labute approximate surface area is 196 Å². The van der Waals surface area contributed by atoms with Crippen LogP contribution in [0.1, 0.15) is 29.3 Å². The largest absolute Gasteiger partial charge is 0.307 e. The van der Waals surface area contributed by atoms with Gasteiger partial charge >= 0.3 is 0 Å². The fourth-order valence-corrected chi connectivity index (χ4v) is 6.58. The number of hydrogen-bond donors (Lipinski definition) is 0. The molecule has 2 heterocycles. The van der Waals surface area contributed by atoms with Crippen molar-refractivity contribution in [1.29, 1.82) is 0 Å². The summed E-state index contributed by atoms with van der Waals surface area (Å²) in [6, 6.07) is 20.0. The summed E-state index contributed by atoms with van der Waals surface area (Å²) >= 11 is 3.33. The lowest BCUT2D eigenvalue weighted by atomic mass is 9.89. The minimum absolute atomic E-state index is 0.0783. The number of aromatic nitrogens is 2. The lowest BCUT2D eigenvalue weighted by Crippen LogP contribution is -2.31. The van der Waals surface area contributed by atoms with E-state index in [0.29, 0.717) is 12.3 Å². The molecule has 0 N–H and O–H groups in total. The number of benzene rings is 2. The molecule has 1 atom stereocenters. The summed E-state index contributed by atoms with van der Waals surface area (Å²) in [5, 5.41) is 2.11. The minimum Gasteiger partial charge on any atom is -0.307 e. The Balaban J connectivity index is 1.39. The fraction of sp³-hybridized carbons (Fsp3) is 0.269. The number of para-hydroxylation sites is 1. The molecular weight excluding hydrogens is 434 g/mol. The quantitative estimate of drug-likeness (QED) is 0.257. The Morgan fingerprint density at radius 2 is 1.84 bits per heavy atom. The number of anilines is 1. The van der Waals surface area contributed by atoms with E-state index < -0.39 is 0 Å². The molecule has 0 saturated carbocycles. The van der Waals surface area contributed by atoms with E-state index in [2.05, 4.69) is 29.0 Å². The molecular formula is C26H25N3OS2. The van der Waals surface area contributed by atoms with Gasteiger partial charge in [0, 0.05) is 16.0 Å². The highest BCUT2D eigenvalue weighted by Gasteiger charge is 2.24. The predicted octanol–water partition coefficient (Wildman–Crippen LogP) is 6.14. The van der Waals surface area contributed by atoms with E-state index in [-0.39, 0.29) is 5.91 Å². The number of nitrogens with zero attached hydrogens (tertiary/aromatic N) is 3. The summed E-state index contributed by atoms with van der Waals surface area (Å²) < 4.78 is 0. The van der Waals surface area contributed by atoms with Gasteiger partial charge in [-0.25, -0.2) is 9.97 Å². The van der Waals surface area contributed by atoms with Crippen LogP contribution >= 0.6 is 23.1 Å². The van der Waals surface area contributed by atoms with Crippen LogP contribution in [0, 0.1) is 5.92 Å². The van der Waals surface area contributed by atoms with Crippen LogP contribution in [0.4, 0.5) is 5.69 Å². The van der Waals surface area contributed by atoms with E-state index in [9.17, 15) is 4.79 Å². The maximum atomic E-state index is 13.4. The van der Waals surface area contributed by atoms with Crippen molar-refractivity contribution in [2.24, 2.45) is 5.92 Å². The zero-order valence-corrected chi connectivity index (χ0v) is 19.7. The molecule has 1 unspecified atom stereocenters. The average Bonchev–Trinajstić information content (AvgIpc) is 3.20. The van der Waals surface area contributed by atoms with Crippen molar-refractivity contribution < 1.29 is 4.79 Å². The molecule has 6 heteroatoms. The monoisotopic (exact) mass is 459 g/mol. The zero-order valence-electron chi connectivity index (χ0n) is 18.0. The molecule has 0 fully saturated rings. The van der Waals surface area contributed by atoms with Gasteiger partial charge in [-0.15, -0.1) is 11.3 Å². The average molecular weight is 460 g/mol. The van der Waals surface area contributed by atoms with Gasteiger partial charge in [0.05, 0.1) is 12.3 Å². The summed E-state index contributed by atoms with van der Waals surface area (Å²) in [6.07, 6.45) is 5.04. The van der Waals surface area contributed by atoms with Crippen LogP contribution in [0.15, 0.2) is 72.0 Å². The van der Waals surface area contributed by atoms with Gasteiger partial charge in [0.2, 0.25) is 5.91 Å². The Morgan fingerprint density at radius 3 is 2.62 bits per heavy atom. The SMILES string of the molecule is CC1CCc2c(sc3ncnc(SCC(=O)N(Cc4ccccc4)c4ccccc4)c23)C1. The smallest absolute Gasteiger partial charge is 0.237 e. The zero-order chi connectivity index (χ0) is 21.9. The Hall–Kier alpha value is -2.70. The van der Waals surface area contributed by atoms with Crippen LogP contribution in [0.25, 0.3) is 10.2 Å². The normalized spacial score (nSPS) is 15.5. The van der Waals surface area contributed by atoms with Crippen molar-refractivity contribution in [3.63, 3.8) is 0 Å². The van der Waals surface area contributed by atoms with Gasteiger partial charge in [-0.2, -0.15) is 0 Å². The van der Waals surface area contributed by atoms with E-state index in [1.807, 2.05) is 53.4 Å². The maximum Gasteiger partial charge on any atom is 0.237 e. The highest BCUT2D eigenvalue weighted by molar-refractivity contribution is 8.00. The van der Waals surface area contributed by atoms with Crippen molar-refractivity contribution >= 4 is 44.9 Å². The predicted molar refractivity (Wildman–Crippen MR) is 133 cm³/mol. The molecule has 2 aromatic heterocycles. The van der Waals surface area contributed by atoms with E-state index in [1.165, 1.54) is 34.0 Å². The van der Waals surface area contributed by atoms with Gasteiger partial charge in [0.15, 0.2) is 0 Å². The third-order valence-corrected chi connectivity index (χ3v) is 8.08. The summed E-state index contributed by atoms with van der Waals surface area (Å²) in [5.41, 5.74) is 3.43. The summed E-state index contributed by atoms with van der Waals surface area (Å²) in [5.74, 6) is 1.14. The number of fused-ring (bicyclic) bond motifs is 3. The number of thiophene rings is 1. The molecule has 4 aromatic rings. The molecule has 162 valence electrons. The van der Waals surface area contributed by atoms with Gasteiger partial charge in [-0.3, -0.25) is 4.79 Å². The number of carbonyl (C=O) groups excluding carboxylic acids is 1.